The Morgan fingerprint density at radius 3 is 1.47 bits per heavy atom. The van der Waals surface area contributed by atoms with Gasteiger partial charge in [0, 0.05) is 26.5 Å². The van der Waals surface area contributed by atoms with Gasteiger partial charge in [-0.25, -0.2) is 0 Å². The van der Waals surface area contributed by atoms with Crippen LogP contribution in [0.1, 0.15) is 19.3 Å². The van der Waals surface area contributed by atoms with Gasteiger partial charge in [-0.15, -0.1) is 0 Å². The van der Waals surface area contributed by atoms with E-state index < -0.39 is 0 Å². The fourth-order valence-corrected chi connectivity index (χ4v) is 5.52. The minimum absolute atomic E-state index is 1.03. The molecule has 0 N–H and O–H groups in total. The van der Waals surface area contributed by atoms with Gasteiger partial charge in [0.15, 0.2) is 0 Å². The first kappa shape index (κ1) is 14.8. The van der Waals surface area contributed by atoms with Crippen LogP contribution in [0.2, 0.25) is 0 Å². The molecule has 0 amide bonds. The molecule has 0 aromatic heterocycles. The monoisotopic (exact) mass is 551 g/mol. The molecule has 0 radical (unpaired) electrons. The Morgan fingerprint density at radius 1 is 0.588 bits per heavy atom. The summed E-state index contributed by atoms with van der Waals surface area (Å²) in [7, 11) is 0. The lowest BCUT2D eigenvalue weighted by Gasteiger charge is -2.31. The minimum Gasteiger partial charge on any atom is -0.370 e. The van der Waals surface area contributed by atoms with Gasteiger partial charge in [-0.3, -0.25) is 0 Å². The first-order chi connectivity index (χ1) is 8.04. The van der Waals surface area contributed by atoms with E-state index in [-0.39, 0.29) is 0 Å². The van der Waals surface area contributed by atoms with Crippen molar-refractivity contribution in [1.29, 1.82) is 0 Å². The first-order valence-corrected chi connectivity index (χ1v) is 9.27. The Morgan fingerprint density at radius 2 is 1.00 bits per heavy atom. The molecule has 17 heavy (non-hydrogen) atoms. The molecule has 0 bridgehead atoms. The van der Waals surface area contributed by atoms with Crippen molar-refractivity contribution in [3.63, 3.8) is 0 Å². The zero-order chi connectivity index (χ0) is 12.6. The maximum atomic E-state index is 3.68. The van der Waals surface area contributed by atoms with E-state index in [9.17, 15) is 0 Å². The number of nitrogens with zero attached hydrogens (tertiary/aromatic N) is 1. The van der Waals surface area contributed by atoms with Crippen LogP contribution in [0, 0.1) is 0 Å². The van der Waals surface area contributed by atoms with Crippen LogP contribution in [0.5, 0.6) is 0 Å². The van der Waals surface area contributed by atoms with E-state index in [1.807, 2.05) is 0 Å². The molecule has 0 unspecified atom stereocenters. The topological polar surface area (TPSA) is 3.24 Å². The first-order valence-electron chi connectivity index (χ1n) is 5.30. The van der Waals surface area contributed by atoms with Crippen LogP contribution in [0.4, 0.5) is 5.69 Å². The number of halogens is 5. The zero-order valence-corrected chi connectivity index (χ0v) is 16.8. The summed E-state index contributed by atoms with van der Waals surface area (Å²) < 4.78 is 5.32. The molecule has 6 heteroatoms. The van der Waals surface area contributed by atoms with E-state index in [0.717, 1.165) is 35.5 Å². The second-order valence-electron chi connectivity index (χ2n) is 3.97. The van der Waals surface area contributed by atoms with E-state index in [0.29, 0.717) is 0 Å². The second kappa shape index (κ2) is 6.25. The summed E-state index contributed by atoms with van der Waals surface area (Å²) in [5.74, 6) is 0. The molecule has 0 saturated carbocycles. The van der Waals surface area contributed by atoms with Crippen molar-refractivity contribution in [2.45, 2.75) is 19.3 Å². The molecule has 1 aromatic rings. The van der Waals surface area contributed by atoms with Crippen molar-refractivity contribution in [2.24, 2.45) is 0 Å². The van der Waals surface area contributed by atoms with Crippen LogP contribution in [-0.2, 0) is 0 Å². The molecule has 2 rings (SSSR count). The molecule has 0 aliphatic carbocycles. The van der Waals surface area contributed by atoms with E-state index in [2.05, 4.69) is 84.5 Å². The van der Waals surface area contributed by atoms with Crippen LogP contribution in [0.3, 0.4) is 0 Å². The Bertz CT molecular complexity index is 411. The maximum absolute atomic E-state index is 3.68. The summed E-state index contributed by atoms with van der Waals surface area (Å²) in [6.45, 7) is 2.25. The Balaban J connectivity index is 2.52. The van der Waals surface area contributed by atoms with Gasteiger partial charge in [-0.2, -0.15) is 0 Å². The Hall–Kier alpha value is 1.42. The molecule has 0 atom stereocenters. The lowest BCUT2D eigenvalue weighted by molar-refractivity contribution is 0.576. The number of rotatable bonds is 1. The predicted molar refractivity (Wildman–Crippen MR) is 91.0 cm³/mol. The average molecular weight is 556 g/mol. The smallest absolute Gasteiger partial charge is 0.0679 e. The van der Waals surface area contributed by atoms with Gasteiger partial charge in [-0.05, 0) is 98.9 Å². The molecule has 1 saturated heterocycles. The van der Waals surface area contributed by atoms with Gasteiger partial charge < -0.3 is 4.90 Å². The highest BCUT2D eigenvalue weighted by molar-refractivity contribution is 9.15. The largest absolute Gasteiger partial charge is 0.370 e. The quantitative estimate of drug-likeness (QED) is 0.283. The van der Waals surface area contributed by atoms with Crippen molar-refractivity contribution in [2.75, 3.05) is 18.0 Å². The molecule has 1 aliphatic heterocycles. The lowest BCUT2D eigenvalue weighted by Crippen LogP contribution is -2.30. The van der Waals surface area contributed by atoms with Crippen molar-refractivity contribution >= 4 is 85.3 Å². The number of hydrogen-bond donors (Lipinski definition) is 0. The zero-order valence-electron chi connectivity index (χ0n) is 8.87. The fraction of sp³-hybridized carbons (Fsp3) is 0.455. The van der Waals surface area contributed by atoms with Crippen LogP contribution in [0.15, 0.2) is 22.4 Å². The van der Waals surface area contributed by atoms with Gasteiger partial charge >= 0.3 is 0 Å². The van der Waals surface area contributed by atoms with E-state index >= 15 is 0 Å². The highest BCUT2D eigenvalue weighted by Gasteiger charge is 2.22. The number of benzene rings is 1. The van der Waals surface area contributed by atoms with Gasteiger partial charge in [0.25, 0.3) is 0 Å². The third-order valence-corrected chi connectivity index (χ3v) is 8.91. The summed E-state index contributed by atoms with van der Waals surface area (Å²) in [4.78, 5) is 2.43. The summed E-state index contributed by atoms with van der Waals surface area (Å²) >= 11 is 18.2. The van der Waals surface area contributed by atoms with Crippen molar-refractivity contribution in [3.05, 3.63) is 22.4 Å². The third kappa shape index (κ3) is 2.96. The molecule has 1 aromatic carbocycles. The van der Waals surface area contributed by atoms with E-state index in [1.165, 1.54) is 24.9 Å². The molecule has 0 spiro atoms. The highest BCUT2D eigenvalue weighted by atomic mass is 79.9. The van der Waals surface area contributed by atoms with Crippen LogP contribution < -0.4 is 4.90 Å². The second-order valence-corrected chi connectivity index (χ2v) is 7.93. The van der Waals surface area contributed by atoms with Crippen LogP contribution >= 0.6 is 79.6 Å². The molecule has 1 aliphatic rings. The number of hydrogen-bond acceptors (Lipinski definition) is 1. The third-order valence-electron chi connectivity index (χ3n) is 2.86. The minimum atomic E-state index is 1.03. The molecular weight excluding hydrogens is 546 g/mol. The van der Waals surface area contributed by atoms with Gasteiger partial charge in [0.2, 0.25) is 0 Å². The summed E-state index contributed by atoms with van der Waals surface area (Å²) in [5, 5.41) is 0. The normalized spacial score (nSPS) is 16.4. The van der Waals surface area contributed by atoms with Gasteiger partial charge in [-0.1, -0.05) is 0 Å². The van der Waals surface area contributed by atoms with Crippen molar-refractivity contribution < 1.29 is 0 Å². The van der Waals surface area contributed by atoms with Gasteiger partial charge in [0.05, 0.1) is 14.6 Å². The Kier molecular flexibility index (Phi) is 5.45. The van der Waals surface area contributed by atoms with Crippen LogP contribution in [0.25, 0.3) is 0 Å². The number of piperidine rings is 1. The molecular formula is C11H10Br5N. The van der Waals surface area contributed by atoms with Crippen molar-refractivity contribution in [3.8, 4) is 0 Å². The molecule has 94 valence electrons. The average Bonchev–Trinajstić information content (AvgIpc) is 2.36. The highest BCUT2D eigenvalue weighted by Crippen LogP contribution is 2.49. The summed E-state index contributed by atoms with van der Waals surface area (Å²) in [6, 6.07) is 0. The van der Waals surface area contributed by atoms with Crippen molar-refractivity contribution in [1.82, 2.24) is 0 Å². The van der Waals surface area contributed by atoms with Crippen LogP contribution in [-0.4, -0.2) is 13.1 Å². The lowest BCUT2D eigenvalue weighted by atomic mass is 10.1. The molecule has 1 heterocycles. The fourth-order valence-electron chi connectivity index (χ4n) is 1.99. The summed E-state index contributed by atoms with van der Waals surface area (Å²) in [6.07, 6.45) is 3.87. The predicted octanol–water partition coefficient (Wildman–Crippen LogP) is 6.49. The number of anilines is 1. The molecule has 1 nitrogen and oxygen atoms in total. The Labute approximate surface area is 143 Å². The SMILES string of the molecule is Brc1c(Br)c(Br)c(N2CCCCC2)c(Br)c1Br. The summed E-state index contributed by atoms with van der Waals surface area (Å²) in [5.41, 5.74) is 1.23. The van der Waals surface area contributed by atoms with E-state index in [1.54, 1.807) is 0 Å². The molecule has 1 fully saturated rings. The maximum Gasteiger partial charge on any atom is 0.0679 e. The van der Waals surface area contributed by atoms with Gasteiger partial charge in [0.1, 0.15) is 0 Å². The standard InChI is InChI=1S/C11H10Br5N/c12-6-7(13)9(15)11(10(16)8(6)14)17-4-2-1-3-5-17/h1-5H2. The van der Waals surface area contributed by atoms with E-state index in [4.69, 9.17) is 0 Å².